The van der Waals surface area contributed by atoms with Crippen molar-refractivity contribution in [1.82, 2.24) is 5.01 Å². The van der Waals surface area contributed by atoms with Crippen LogP contribution in [0.3, 0.4) is 0 Å². The summed E-state index contributed by atoms with van der Waals surface area (Å²) in [6.45, 7) is 2.07. The van der Waals surface area contributed by atoms with E-state index in [1.54, 1.807) is 4.90 Å². The molecule has 5 nitrogen and oxygen atoms in total. The van der Waals surface area contributed by atoms with E-state index in [2.05, 4.69) is 37.3 Å². The maximum atomic E-state index is 13.9. The third-order valence-electron chi connectivity index (χ3n) is 7.40. The van der Waals surface area contributed by atoms with Crippen molar-refractivity contribution in [1.29, 1.82) is 0 Å². The number of benzene rings is 4. The van der Waals surface area contributed by atoms with Crippen molar-refractivity contribution < 1.29 is 9.53 Å². The number of ether oxygens (including phenoxy) is 1. The second kappa shape index (κ2) is 9.33. The predicted molar refractivity (Wildman–Crippen MR) is 158 cm³/mol. The molecule has 0 aliphatic carbocycles. The number of hydrogen-bond acceptors (Lipinski definition) is 5. The molecule has 3 heterocycles. The number of nitrogens with zero attached hydrogens (tertiary/aromatic N) is 3. The fourth-order valence-electron chi connectivity index (χ4n) is 5.53. The van der Waals surface area contributed by atoms with E-state index in [0.29, 0.717) is 17.2 Å². The van der Waals surface area contributed by atoms with E-state index in [1.807, 2.05) is 83.9 Å². The van der Waals surface area contributed by atoms with Crippen LogP contribution in [0.25, 0.3) is 6.08 Å². The minimum absolute atomic E-state index is 0.124. The maximum Gasteiger partial charge on any atom is 0.321 e. The summed E-state index contributed by atoms with van der Waals surface area (Å²) >= 11 is 7.67. The summed E-state index contributed by atoms with van der Waals surface area (Å²) in [6.07, 6.45) is 2.72. The number of thioether (sulfide) groups is 1. The van der Waals surface area contributed by atoms with Gasteiger partial charge >= 0.3 is 5.85 Å². The Bertz CT molecular complexity index is 1660. The van der Waals surface area contributed by atoms with E-state index < -0.39 is 5.85 Å². The first-order valence-electron chi connectivity index (χ1n) is 12.8. The number of amides is 1. The molecule has 0 bridgehead atoms. The number of carbonyl (C=O) groups excluding carboxylic acids is 1. The van der Waals surface area contributed by atoms with Crippen molar-refractivity contribution in [2.75, 3.05) is 4.90 Å². The average molecular weight is 550 g/mol. The highest BCUT2D eigenvalue weighted by Crippen LogP contribution is 2.57. The molecule has 2 atom stereocenters. The molecule has 7 rings (SSSR count). The number of fused-ring (bicyclic) bond motifs is 4. The number of aryl methyl sites for hydroxylation is 1. The van der Waals surface area contributed by atoms with Gasteiger partial charge in [-0.05, 0) is 71.8 Å². The molecule has 2 unspecified atom stereocenters. The first-order chi connectivity index (χ1) is 19.0. The van der Waals surface area contributed by atoms with Gasteiger partial charge in [0, 0.05) is 17.0 Å². The van der Waals surface area contributed by atoms with Gasteiger partial charge < -0.3 is 4.74 Å². The molecule has 4 aromatic rings. The van der Waals surface area contributed by atoms with Crippen LogP contribution in [0, 0.1) is 6.92 Å². The largest absolute Gasteiger partial charge is 0.443 e. The van der Waals surface area contributed by atoms with Crippen LogP contribution in [-0.2, 0) is 0 Å². The lowest BCUT2D eigenvalue weighted by Crippen LogP contribution is -2.63. The molecule has 39 heavy (non-hydrogen) atoms. The molecule has 3 aliphatic heterocycles. The van der Waals surface area contributed by atoms with Crippen molar-refractivity contribution in [2.24, 2.45) is 5.10 Å². The number of hydrogen-bond donors (Lipinski definition) is 0. The summed E-state index contributed by atoms with van der Waals surface area (Å²) in [5.41, 5.74) is 5.80. The fraction of sp³-hybridized carbons (Fsp3) is 0.125. The van der Waals surface area contributed by atoms with Gasteiger partial charge in [-0.15, -0.1) is 0 Å². The Balaban J connectivity index is 1.50. The maximum absolute atomic E-state index is 13.9. The highest BCUT2D eigenvalue weighted by Gasteiger charge is 2.63. The third-order valence-corrected chi connectivity index (χ3v) is 8.60. The molecule has 0 radical (unpaired) electrons. The van der Waals surface area contributed by atoms with Gasteiger partial charge in [0.2, 0.25) is 0 Å². The molecular formula is C32H24ClN3O2S. The smallest absolute Gasteiger partial charge is 0.321 e. The Morgan fingerprint density at radius 2 is 1.69 bits per heavy atom. The van der Waals surface area contributed by atoms with Crippen molar-refractivity contribution in [3.8, 4) is 5.75 Å². The van der Waals surface area contributed by atoms with Gasteiger partial charge in [0.15, 0.2) is 0 Å². The lowest BCUT2D eigenvalue weighted by molar-refractivity contribution is -0.0763. The zero-order chi connectivity index (χ0) is 26.6. The standard InChI is InChI=1S/C32H24ClN3O2S/c1-21-10-8-9-13-23(21)18-30-32(35(31(37)39-30)25-14-6-3-7-15-25)36-28(26-19-24(33)16-17-29(26)38-32)20-27(34-36)22-11-4-2-5-12-22/h2-19,28H,20H2,1H3/b30-18-. The van der Waals surface area contributed by atoms with Crippen LogP contribution in [-0.4, -0.2) is 21.8 Å². The first-order valence-corrected chi connectivity index (χ1v) is 14.0. The number of anilines is 1. The lowest BCUT2D eigenvalue weighted by Gasteiger charge is -2.49. The number of halogens is 1. The van der Waals surface area contributed by atoms with Crippen LogP contribution in [0.2, 0.25) is 5.02 Å². The molecule has 1 amide bonds. The van der Waals surface area contributed by atoms with E-state index in [1.165, 1.54) is 11.8 Å². The van der Waals surface area contributed by atoms with Gasteiger partial charge in [-0.1, -0.05) is 84.4 Å². The number of carbonyl (C=O) groups is 1. The molecule has 0 aromatic heterocycles. The normalized spacial score (nSPS) is 22.6. The second-order valence-electron chi connectivity index (χ2n) is 9.77. The number of para-hydroxylation sites is 1. The Hall–Kier alpha value is -4.00. The summed E-state index contributed by atoms with van der Waals surface area (Å²) in [5.74, 6) is -0.620. The highest BCUT2D eigenvalue weighted by atomic mass is 35.5. The molecule has 4 aromatic carbocycles. The zero-order valence-electron chi connectivity index (χ0n) is 21.1. The van der Waals surface area contributed by atoms with Crippen molar-refractivity contribution in [3.63, 3.8) is 0 Å². The molecule has 3 aliphatic rings. The van der Waals surface area contributed by atoms with Gasteiger partial charge in [-0.2, -0.15) is 5.10 Å². The molecule has 1 fully saturated rings. The molecule has 0 saturated carbocycles. The fourth-order valence-corrected chi connectivity index (χ4v) is 6.77. The van der Waals surface area contributed by atoms with Gasteiger partial charge in [-0.25, -0.2) is 9.91 Å². The van der Waals surface area contributed by atoms with E-state index in [4.69, 9.17) is 21.4 Å². The summed E-state index contributed by atoms with van der Waals surface area (Å²) in [7, 11) is 0. The average Bonchev–Trinajstić information content (AvgIpc) is 3.52. The van der Waals surface area contributed by atoms with E-state index in [-0.39, 0.29) is 11.3 Å². The third kappa shape index (κ3) is 3.86. The Kier molecular flexibility index (Phi) is 5.76. The Labute approximate surface area is 236 Å². The molecule has 1 spiro atoms. The Morgan fingerprint density at radius 3 is 2.46 bits per heavy atom. The minimum Gasteiger partial charge on any atom is -0.443 e. The van der Waals surface area contributed by atoms with Crippen LogP contribution in [0.5, 0.6) is 5.75 Å². The number of hydrazone groups is 1. The molecule has 1 saturated heterocycles. The van der Waals surface area contributed by atoms with Gasteiger partial charge in [-0.3, -0.25) is 4.79 Å². The molecule has 192 valence electrons. The van der Waals surface area contributed by atoms with Crippen molar-refractivity contribution in [2.45, 2.75) is 25.2 Å². The zero-order valence-corrected chi connectivity index (χ0v) is 22.7. The summed E-state index contributed by atoms with van der Waals surface area (Å²) in [6, 6.07) is 33.5. The van der Waals surface area contributed by atoms with E-state index in [0.717, 1.165) is 38.6 Å². The highest BCUT2D eigenvalue weighted by molar-refractivity contribution is 8.17. The predicted octanol–water partition coefficient (Wildman–Crippen LogP) is 8.26. The molecule has 7 heteroatoms. The van der Waals surface area contributed by atoms with Gasteiger partial charge in [0.1, 0.15) is 5.75 Å². The van der Waals surface area contributed by atoms with Gasteiger partial charge in [0.25, 0.3) is 5.24 Å². The van der Waals surface area contributed by atoms with Crippen molar-refractivity contribution in [3.05, 3.63) is 135 Å². The lowest BCUT2D eigenvalue weighted by atomic mass is 9.95. The molecular weight excluding hydrogens is 526 g/mol. The van der Waals surface area contributed by atoms with Gasteiger partial charge in [0.05, 0.1) is 22.3 Å². The van der Waals surface area contributed by atoms with Crippen LogP contribution < -0.4 is 9.64 Å². The quantitative estimate of drug-likeness (QED) is 0.258. The van der Waals surface area contributed by atoms with Crippen LogP contribution in [0.4, 0.5) is 10.5 Å². The van der Waals surface area contributed by atoms with Crippen LogP contribution in [0.15, 0.2) is 113 Å². The minimum atomic E-state index is -1.31. The Morgan fingerprint density at radius 1 is 0.974 bits per heavy atom. The van der Waals surface area contributed by atoms with Crippen LogP contribution >= 0.6 is 23.4 Å². The summed E-state index contributed by atoms with van der Waals surface area (Å²) in [5, 5.41) is 7.69. The van der Waals surface area contributed by atoms with E-state index in [9.17, 15) is 4.79 Å². The first kappa shape index (κ1) is 24.1. The summed E-state index contributed by atoms with van der Waals surface area (Å²) < 4.78 is 6.97. The SMILES string of the molecule is Cc1ccccc1/C=C1\SC(=O)N(c2ccccc2)C12Oc1ccc(Cl)cc1C1CC(c3ccccc3)=NN12. The van der Waals surface area contributed by atoms with Crippen molar-refractivity contribution >= 4 is 46.1 Å². The van der Waals surface area contributed by atoms with E-state index >= 15 is 0 Å². The molecule has 0 N–H and O–H groups in total. The topological polar surface area (TPSA) is 45.1 Å². The second-order valence-corrected chi connectivity index (χ2v) is 11.2. The monoisotopic (exact) mass is 549 g/mol. The van der Waals surface area contributed by atoms with Crippen LogP contribution in [0.1, 0.15) is 34.7 Å². The number of rotatable bonds is 3. The summed E-state index contributed by atoms with van der Waals surface area (Å²) in [4.78, 5) is 16.4.